The molecule has 0 saturated carbocycles. The summed E-state index contributed by atoms with van der Waals surface area (Å²) in [6.45, 7) is 0.492. The predicted octanol–water partition coefficient (Wildman–Crippen LogP) is 3.45. The lowest BCUT2D eigenvalue weighted by atomic mass is 10.1. The molecule has 0 fully saturated rings. The number of pyridine rings is 1. The molecule has 0 saturated heterocycles. The Labute approximate surface area is 128 Å². The van der Waals surface area contributed by atoms with Gasteiger partial charge in [0.15, 0.2) is 0 Å². The van der Waals surface area contributed by atoms with E-state index in [0.29, 0.717) is 11.6 Å². The summed E-state index contributed by atoms with van der Waals surface area (Å²) < 4.78 is 5.90. The molecule has 2 aromatic carbocycles. The van der Waals surface area contributed by atoms with E-state index in [1.165, 1.54) is 0 Å². The van der Waals surface area contributed by atoms with Crippen molar-refractivity contribution in [3.63, 3.8) is 0 Å². The zero-order valence-corrected chi connectivity index (χ0v) is 12.1. The Kier molecular flexibility index (Phi) is 3.79. The molecule has 1 heterocycles. The molecule has 3 nitrogen and oxygen atoms in total. The van der Waals surface area contributed by atoms with E-state index < -0.39 is 0 Å². The van der Waals surface area contributed by atoms with Crippen molar-refractivity contribution in [1.29, 1.82) is 0 Å². The number of nitrogens with two attached hydrogens (primary N) is 1. The van der Waals surface area contributed by atoms with Crippen molar-refractivity contribution in [2.24, 2.45) is 5.73 Å². The van der Waals surface area contributed by atoms with Crippen LogP contribution in [-0.4, -0.2) is 9.97 Å². The Bertz CT molecular complexity index is 779. The quantitative estimate of drug-likeness (QED) is 0.749. The van der Waals surface area contributed by atoms with Crippen LogP contribution < -0.4 is 10.5 Å². The summed E-state index contributed by atoms with van der Waals surface area (Å²) in [4.78, 5) is 4.72. The van der Waals surface area contributed by atoms with Crippen molar-refractivity contribution in [1.82, 2.24) is 4.98 Å². The number of fused-ring (bicyclic) bond motifs is 1. The van der Waals surface area contributed by atoms with E-state index in [2.05, 4.69) is 4.98 Å². The molecule has 0 aliphatic rings. The van der Waals surface area contributed by atoms with Crippen molar-refractivity contribution in [3.05, 3.63) is 71.9 Å². The molecule has 3 aromatic rings. The van der Waals surface area contributed by atoms with E-state index in [1.54, 1.807) is 6.20 Å². The molecule has 0 aliphatic carbocycles. The van der Waals surface area contributed by atoms with Crippen LogP contribution in [0.3, 0.4) is 0 Å². The molecule has 104 valence electrons. The Hall–Kier alpha value is -2.46. The van der Waals surface area contributed by atoms with Crippen LogP contribution in [0.1, 0.15) is 11.1 Å². The van der Waals surface area contributed by atoms with Gasteiger partial charge in [0.1, 0.15) is 17.3 Å². The zero-order valence-electron chi connectivity index (χ0n) is 11.3. The van der Waals surface area contributed by atoms with E-state index in [4.69, 9.17) is 22.7 Å². The van der Waals surface area contributed by atoms with Crippen LogP contribution in [0.25, 0.3) is 10.9 Å². The molecule has 0 bridgehead atoms. The maximum absolute atomic E-state index is 5.90. The van der Waals surface area contributed by atoms with E-state index in [1.807, 2.05) is 54.6 Å². The molecule has 3 rings (SSSR count). The fraction of sp³-hybridized carbons (Fsp3) is 0.0588. The highest BCUT2D eigenvalue weighted by molar-refractivity contribution is 7.80. The molecular formula is C17H14N2OS. The first kappa shape index (κ1) is 13.5. The van der Waals surface area contributed by atoms with Crippen LogP contribution in [0.5, 0.6) is 5.75 Å². The lowest BCUT2D eigenvalue weighted by molar-refractivity contribution is 0.310. The highest BCUT2D eigenvalue weighted by Gasteiger charge is 2.03. The Balaban J connectivity index is 1.79. The maximum Gasteiger partial charge on any atom is 0.129 e. The lowest BCUT2D eigenvalue weighted by Gasteiger charge is -2.09. The molecule has 1 aromatic heterocycles. The number of nitrogens with zero attached hydrogens (tertiary/aromatic N) is 1. The van der Waals surface area contributed by atoms with Gasteiger partial charge >= 0.3 is 0 Å². The van der Waals surface area contributed by atoms with Crippen molar-refractivity contribution in [2.75, 3.05) is 0 Å². The number of aromatic nitrogens is 1. The van der Waals surface area contributed by atoms with Gasteiger partial charge in [0, 0.05) is 17.1 Å². The van der Waals surface area contributed by atoms with E-state index in [-0.39, 0.29) is 0 Å². The van der Waals surface area contributed by atoms with Gasteiger partial charge in [0.25, 0.3) is 0 Å². The van der Waals surface area contributed by atoms with Crippen LogP contribution in [0, 0.1) is 0 Å². The third kappa shape index (κ3) is 3.01. The topological polar surface area (TPSA) is 48.1 Å². The summed E-state index contributed by atoms with van der Waals surface area (Å²) in [5, 5.41) is 1.01. The lowest BCUT2D eigenvalue weighted by Crippen LogP contribution is -2.09. The Morgan fingerprint density at radius 1 is 1.05 bits per heavy atom. The molecular weight excluding hydrogens is 280 g/mol. The third-order valence-electron chi connectivity index (χ3n) is 3.24. The average Bonchev–Trinajstić information content (AvgIpc) is 2.53. The smallest absolute Gasteiger partial charge is 0.129 e. The van der Waals surface area contributed by atoms with Gasteiger partial charge in [-0.2, -0.15) is 0 Å². The molecule has 0 spiro atoms. The van der Waals surface area contributed by atoms with Crippen LogP contribution >= 0.6 is 12.2 Å². The van der Waals surface area contributed by atoms with Gasteiger partial charge in [-0.3, -0.25) is 4.98 Å². The molecule has 2 N–H and O–H groups in total. The third-order valence-corrected chi connectivity index (χ3v) is 3.47. The van der Waals surface area contributed by atoms with E-state index >= 15 is 0 Å². The van der Waals surface area contributed by atoms with Crippen molar-refractivity contribution >= 4 is 28.1 Å². The molecule has 4 heteroatoms. The maximum atomic E-state index is 5.90. The second kappa shape index (κ2) is 5.89. The fourth-order valence-corrected chi connectivity index (χ4v) is 2.26. The summed E-state index contributed by atoms with van der Waals surface area (Å²) in [7, 11) is 0. The second-order valence-electron chi connectivity index (χ2n) is 4.68. The Morgan fingerprint density at radius 2 is 1.86 bits per heavy atom. The van der Waals surface area contributed by atoms with Gasteiger partial charge in [-0.1, -0.05) is 42.5 Å². The largest absolute Gasteiger partial charge is 0.488 e. The molecule has 0 atom stereocenters. The van der Waals surface area contributed by atoms with Gasteiger partial charge < -0.3 is 10.5 Å². The normalized spacial score (nSPS) is 10.5. The second-order valence-corrected chi connectivity index (χ2v) is 5.12. The van der Waals surface area contributed by atoms with Crippen LogP contribution in [0.15, 0.2) is 60.8 Å². The summed E-state index contributed by atoms with van der Waals surface area (Å²) in [5.41, 5.74) is 8.44. The SMILES string of the molecule is NC(=S)c1ccc(COc2cccc3ncccc23)cc1. The summed E-state index contributed by atoms with van der Waals surface area (Å²) >= 11 is 4.94. The predicted molar refractivity (Wildman–Crippen MR) is 88.4 cm³/mol. The minimum Gasteiger partial charge on any atom is -0.488 e. The van der Waals surface area contributed by atoms with Crippen LogP contribution in [0.4, 0.5) is 0 Å². The van der Waals surface area contributed by atoms with Gasteiger partial charge in [0.2, 0.25) is 0 Å². The summed E-state index contributed by atoms with van der Waals surface area (Å²) in [5.74, 6) is 0.832. The standard InChI is InChI=1S/C17H14N2OS/c18-17(21)13-8-6-12(7-9-13)11-20-16-5-1-4-15-14(16)3-2-10-19-15/h1-10H,11H2,(H2,18,21). The number of thiocarbonyl (C=S) groups is 1. The van der Waals surface area contributed by atoms with Crippen molar-refractivity contribution < 1.29 is 4.74 Å². The average molecular weight is 294 g/mol. The molecule has 0 aliphatic heterocycles. The van der Waals surface area contributed by atoms with E-state index in [9.17, 15) is 0 Å². The van der Waals surface area contributed by atoms with Crippen LogP contribution in [0.2, 0.25) is 0 Å². The van der Waals surface area contributed by atoms with Gasteiger partial charge in [-0.05, 0) is 29.8 Å². The Morgan fingerprint density at radius 3 is 2.62 bits per heavy atom. The first-order chi connectivity index (χ1) is 10.2. The van der Waals surface area contributed by atoms with Gasteiger partial charge in [-0.15, -0.1) is 0 Å². The molecule has 0 radical (unpaired) electrons. The molecule has 21 heavy (non-hydrogen) atoms. The monoisotopic (exact) mass is 294 g/mol. The van der Waals surface area contributed by atoms with Crippen molar-refractivity contribution in [2.45, 2.75) is 6.61 Å². The van der Waals surface area contributed by atoms with Crippen LogP contribution in [-0.2, 0) is 6.61 Å². The number of rotatable bonds is 4. The van der Waals surface area contributed by atoms with E-state index in [0.717, 1.165) is 27.8 Å². The summed E-state index contributed by atoms with van der Waals surface area (Å²) in [6.07, 6.45) is 1.78. The number of hydrogen-bond donors (Lipinski definition) is 1. The number of benzene rings is 2. The highest BCUT2D eigenvalue weighted by Crippen LogP contribution is 2.24. The molecule has 0 amide bonds. The zero-order chi connectivity index (χ0) is 14.7. The summed E-state index contributed by atoms with van der Waals surface area (Å²) in [6, 6.07) is 17.5. The molecule has 0 unspecified atom stereocenters. The van der Waals surface area contributed by atoms with Gasteiger partial charge in [-0.25, -0.2) is 0 Å². The van der Waals surface area contributed by atoms with Crippen molar-refractivity contribution in [3.8, 4) is 5.75 Å². The highest BCUT2D eigenvalue weighted by atomic mass is 32.1. The number of ether oxygens (including phenoxy) is 1. The minimum absolute atomic E-state index is 0.405. The number of hydrogen-bond acceptors (Lipinski definition) is 3. The minimum atomic E-state index is 0.405. The first-order valence-electron chi connectivity index (χ1n) is 6.59. The first-order valence-corrected chi connectivity index (χ1v) is 7.00. The van der Waals surface area contributed by atoms with Gasteiger partial charge in [0.05, 0.1) is 5.52 Å². The fourth-order valence-electron chi connectivity index (χ4n) is 2.13.